The van der Waals surface area contributed by atoms with Crippen LogP contribution in [0.1, 0.15) is 5.56 Å². The van der Waals surface area contributed by atoms with Crippen molar-refractivity contribution in [1.82, 2.24) is 0 Å². The van der Waals surface area contributed by atoms with Gasteiger partial charge in [0.05, 0.1) is 12.7 Å². The number of hydrogen-bond donors (Lipinski definition) is 4. The van der Waals surface area contributed by atoms with Crippen molar-refractivity contribution in [1.29, 1.82) is 5.41 Å². The second-order valence-electron chi connectivity index (χ2n) is 3.06. The Kier molecular flexibility index (Phi) is 4.61. The molecule has 82 valence electrons. The Labute approximate surface area is 92.6 Å². The largest absolute Gasteiger partial charge is 0.394 e. The maximum atomic E-state index is 9.19. The molecule has 0 aliphatic rings. The molecule has 0 radical (unpaired) electrons. The maximum Gasteiger partial charge on any atom is 0.123 e. The molecule has 0 spiro atoms. The molecule has 0 saturated carbocycles. The number of thioether (sulfide) groups is 1. The van der Waals surface area contributed by atoms with Crippen LogP contribution in [0.5, 0.6) is 0 Å². The van der Waals surface area contributed by atoms with Gasteiger partial charge in [0, 0.05) is 16.2 Å². The Morgan fingerprint density at radius 1 is 1.47 bits per heavy atom. The van der Waals surface area contributed by atoms with Gasteiger partial charge in [-0.3, -0.25) is 5.41 Å². The zero-order valence-electron chi connectivity index (χ0n) is 8.18. The molecule has 0 aliphatic carbocycles. The topological polar surface area (TPSA) is 90.3 Å². The number of hydrogen-bond acceptors (Lipinski definition) is 4. The lowest BCUT2D eigenvalue weighted by molar-refractivity contribution is 0.113. The fourth-order valence-electron chi connectivity index (χ4n) is 1.05. The summed E-state index contributed by atoms with van der Waals surface area (Å²) in [5, 5.41) is 25.2. The van der Waals surface area contributed by atoms with Gasteiger partial charge in [0.15, 0.2) is 0 Å². The molecule has 1 rings (SSSR count). The summed E-state index contributed by atoms with van der Waals surface area (Å²) in [5.74, 6) is 0.400. The Bertz CT molecular complexity index is 344. The van der Waals surface area contributed by atoms with Crippen LogP contribution in [0.2, 0.25) is 0 Å². The summed E-state index contributed by atoms with van der Waals surface area (Å²) in [6.07, 6.45) is -0.741. The zero-order valence-corrected chi connectivity index (χ0v) is 9.00. The normalized spacial score (nSPS) is 12.4. The highest BCUT2D eigenvalue weighted by Gasteiger charge is 2.07. The first-order chi connectivity index (χ1) is 7.15. The molecule has 1 atom stereocenters. The van der Waals surface area contributed by atoms with Crippen LogP contribution in [0.15, 0.2) is 29.2 Å². The highest BCUT2D eigenvalue weighted by molar-refractivity contribution is 7.99. The van der Waals surface area contributed by atoms with Gasteiger partial charge in [-0.1, -0.05) is 18.2 Å². The number of amidine groups is 1. The number of rotatable bonds is 5. The van der Waals surface area contributed by atoms with Crippen LogP contribution in [0.25, 0.3) is 0 Å². The van der Waals surface area contributed by atoms with Gasteiger partial charge in [-0.2, -0.15) is 0 Å². The third kappa shape index (κ3) is 3.54. The van der Waals surface area contributed by atoms with Crippen LogP contribution < -0.4 is 5.73 Å². The Morgan fingerprint density at radius 3 is 2.73 bits per heavy atom. The average Bonchev–Trinajstić information content (AvgIpc) is 2.26. The predicted molar refractivity (Wildman–Crippen MR) is 61.3 cm³/mol. The third-order valence-corrected chi connectivity index (χ3v) is 3.04. The summed E-state index contributed by atoms with van der Waals surface area (Å²) in [6.45, 7) is -0.255. The van der Waals surface area contributed by atoms with Gasteiger partial charge in [-0.15, -0.1) is 11.8 Å². The lowest BCUT2D eigenvalue weighted by Gasteiger charge is -2.09. The van der Waals surface area contributed by atoms with Crippen LogP contribution in [0, 0.1) is 5.41 Å². The molecule has 0 saturated heterocycles. The van der Waals surface area contributed by atoms with Crippen LogP contribution in [0.3, 0.4) is 0 Å². The van der Waals surface area contributed by atoms with Crippen molar-refractivity contribution in [2.45, 2.75) is 11.0 Å². The number of aliphatic hydroxyl groups excluding tert-OH is 2. The van der Waals surface area contributed by atoms with E-state index < -0.39 is 6.10 Å². The minimum absolute atomic E-state index is 0.0107. The summed E-state index contributed by atoms with van der Waals surface area (Å²) < 4.78 is 0. The van der Waals surface area contributed by atoms with Gasteiger partial charge in [0.25, 0.3) is 0 Å². The van der Waals surface area contributed by atoms with Gasteiger partial charge in [0.2, 0.25) is 0 Å². The Balaban J connectivity index is 2.72. The lowest BCUT2D eigenvalue weighted by Crippen LogP contribution is -2.16. The fourth-order valence-corrected chi connectivity index (χ4v) is 2.04. The molecule has 0 amide bonds. The van der Waals surface area contributed by atoms with E-state index in [-0.39, 0.29) is 12.4 Å². The summed E-state index contributed by atoms with van der Waals surface area (Å²) in [5.41, 5.74) is 6.07. The van der Waals surface area contributed by atoms with Gasteiger partial charge in [-0.05, 0) is 6.07 Å². The molecule has 1 aromatic carbocycles. The van der Waals surface area contributed by atoms with Crippen molar-refractivity contribution in [3.05, 3.63) is 29.8 Å². The highest BCUT2D eigenvalue weighted by atomic mass is 32.2. The van der Waals surface area contributed by atoms with Crippen molar-refractivity contribution >= 4 is 17.6 Å². The van der Waals surface area contributed by atoms with E-state index in [1.807, 2.05) is 18.2 Å². The highest BCUT2D eigenvalue weighted by Crippen LogP contribution is 2.22. The number of aliphatic hydroxyl groups is 2. The molecule has 1 aromatic rings. The molecule has 1 unspecified atom stereocenters. The van der Waals surface area contributed by atoms with E-state index in [9.17, 15) is 5.11 Å². The molecule has 4 nitrogen and oxygen atoms in total. The molecular weight excluding hydrogens is 212 g/mol. The first kappa shape index (κ1) is 12.0. The van der Waals surface area contributed by atoms with Crippen LogP contribution in [-0.2, 0) is 0 Å². The van der Waals surface area contributed by atoms with Gasteiger partial charge in [0.1, 0.15) is 5.84 Å². The molecule has 5 heteroatoms. The second-order valence-corrected chi connectivity index (χ2v) is 4.12. The third-order valence-electron chi connectivity index (χ3n) is 1.82. The van der Waals surface area contributed by atoms with E-state index in [1.54, 1.807) is 6.07 Å². The molecular formula is C10H14N2O2S. The summed E-state index contributed by atoms with van der Waals surface area (Å²) in [7, 11) is 0. The lowest BCUT2D eigenvalue weighted by atomic mass is 10.2. The van der Waals surface area contributed by atoms with Crippen molar-refractivity contribution < 1.29 is 10.2 Å². The van der Waals surface area contributed by atoms with Crippen molar-refractivity contribution in [2.75, 3.05) is 12.4 Å². The first-order valence-corrected chi connectivity index (χ1v) is 5.49. The number of nitrogens with one attached hydrogen (secondary N) is 1. The number of nitrogen functional groups attached to an aromatic ring is 1. The smallest absolute Gasteiger partial charge is 0.123 e. The summed E-state index contributed by atoms with van der Waals surface area (Å²) >= 11 is 1.38. The molecule has 0 aliphatic heterocycles. The van der Waals surface area contributed by atoms with Crippen molar-refractivity contribution in [2.24, 2.45) is 5.73 Å². The summed E-state index contributed by atoms with van der Waals surface area (Å²) in [6, 6.07) is 7.25. The molecule has 15 heavy (non-hydrogen) atoms. The molecule has 0 heterocycles. The SMILES string of the molecule is N=C(N)c1ccccc1SCC(O)CO. The predicted octanol–water partition coefficient (Wildman–Crippen LogP) is 0.416. The average molecular weight is 226 g/mol. The van der Waals surface area contributed by atoms with E-state index in [2.05, 4.69) is 0 Å². The quantitative estimate of drug-likeness (QED) is 0.333. The van der Waals surface area contributed by atoms with E-state index in [1.165, 1.54) is 11.8 Å². The van der Waals surface area contributed by atoms with Gasteiger partial charge in [-0.25, -0.2) is 0 Å². The maximum absolute atomic E-state index is 9.19. The van der Waals surface area contributed by atoms with Crippen LogP contribution in [0.4, 0.5) is 0 Å². The number of nitrogens with two attached hydrogens (primary N) is 1. The molecule has 0 bridgehead atoms. The van der Waals surface area contributed by atoms with Crippen molar-refractivity contribution in [3.63, 3.8) is 0 Å². The van der Waals surface area contributed by atoms with E-state index in [0.29, 0.717) is 11.3 Å². The molecule has 0 fully saturated rings. The summed E-state index contributed by atoms with van der Waals surface area (Å²) in [4.78, 5) is 0.845. The van der Waals surface area contributed by atoms with E-state index in [4.69, 9.17) is 16.2 Å². The minimum atomic E-state index is -0.741. The first-order valence-electron chi connectivity index (χ1n) is 4.50. The standard InChI is InChI=1S/C10H14N2O2S/c11-10(12)8-3-1-2-4-9(8)15-6-7(14)5-13/h1-4,7,13-14H,5-6H2,(H3,11,12). The molecule has 0 aromatic heterocycles. The second kappa shape index (κ2) is 5.75. The Hall–Kier alpha value is -1.04. The van der Waals surface area contributed by atoms with Crippen LogP contribution >= 0.6 is 11.8 Å². The van der Waals surface area contributed by atoms with Gasteiger partial charge >= 0.3 is 0 Å². The monoisotopic (exact) mass is 226 g/mol. The zero-order chi connectivity index (χ0) is 11.3. The molecule has 5 N–H and O–H groups in total. The van der Waals surface area contributed by atoms with Crippen molar-refractivity contribution in [3.8, 4) is 0 Å². The Morgan fingerprint density at radius 2 is 2.13 bits per heavy atom. The van der Waals surface area contributed by atoms with Gasteiger partial charge < -0.3 is 15.9 Å². The fraction of sp³-hybridized carbons (Fsp3) is 0.300. The van der Waals surface area contributed by atoms with E-state index in [0.717, 1.165) is 4.90 Å². The number of benzene rings is 1. The van der Waals surface area contributed by atoms with E-state index >= 15 is 0 Å². The minimum Gasteiger partial charge on any atom is -0.394 e. The van der Waals surface area contributed by atoms with Crippen LogP contribution in [-0.4, -0.2) is 34.5 Å².